The van der Waals surface area contributed by atoms with Crippen LogP contribution in [0.3, 0.4) is 0 Å². The average molecular weight is 406 g/mol. The summed E-state index contributed by atoms with van der Waals surface area (Å²) < 4.78 is 5.09. The van der Waals surface area contributed by atoms with Gasteiger partial charge >= 0.3 is 5.97 Å². The summed E-state index contributed by atoms with van der Waals surface area (Å²) in [5.74, 6) is -0.571. The van der Waals surface area contributed by atoms with E-state index < -0.39 is 10.9 Å². The SMILES string of the molecule is CCOC(=O)c1cnc2ccc(Cl)cc2c1Nc1ccc(Cl)c([N+](=O)[O-])c1. The molecule has 0 fully saturated rings. The smallest absolute Gasteiger partial charge is 0.341 e. The highest BCUT2D eigenvalue weighted by Gasteiger charge is 2.19. The number of nitrogens with zero attached hydrogens (tertiary/aromatic N) is 2. The van der Waals surface area contributed by atoms with E-state index in [0.717, 1.165) is 0 Å². The Bertz CT molecular complexity index is 1060. The minimum Gasteiger partial charge on any atom is -0.462 e. The van der Waals surface area contributed by atoms with Gasteiger partial charge in [-0.15, -0.1) is 0 Å². The van der Waals surface area contributed by atoms with Crippen molar-refractivity contribution in [1.29, 1.82) is 0 Å². The second kappa shape index (κ2) is 7.77. The molecule has 0 aliphatic heterocycles. The second-order valence-corrected chi connectivity index (χ2v) is 6.32. The minimum absolute atomic E-state index is 0.0128. The van der Waals surface area contributed by atoms with Crippen molar-refractivity contribution < 1.29 is 14.5 Å². The molecular weight excluding hydrogens is 393 g/mol. The van der Waals surface area contributed by atoms with Crippen molar-refractivity contribution in [2.45, 2.75) is 6.92 Å². The van der Waals surface area contributed by atoms with E-state index in [1.807, 2.05) is 0 Å². The molecule has 0 spiro atoms. The first-order valence-corrected chi connectivity index (χ1v) is 8.62. The molecule has 0 radical (unpaired) electrons. The lowest BCUT2D eigenvalue weighted by Gasteiger charge is -2.14. The lowest BCUT2D eigenvalue weighted by atomic mass is 10.1. The molecule has 1 heterocycles. The molecule has 9 heteroatoms. The van der Waals surface area contributed by atoms with Crippen molar-refractivity contribution in [2.24, 2.45) is 0 Å². The molecule has 3 aromatic rings. The van der Waals surface area contributed by atoms with E-state index in [2.05, 4.69) is 10.3 Å². The van der Waals surface area contributed by atoms with E-state index in [-0.39, 0.29) is 22.9 Å². The Kier molecular flexibility index (Phi) is 5.43. The van der Waals surface area contributed by atoms with E-state index >= 15 is 0 Å². The summed E-state index contributed by atoms with van der Waals surface area (Å²) in [6.45, 7) is 1.89. The Morgan fingerprint density at radius 3 is 2.74 bits per heavy atom. The molecule has 27 heavy (non-hydrogen) atoms. The van der Waals surface area contributed by atoms with Gasteiger partial charge in [-0.1, -0.05) is 23.2 Å². The van der Waals surface area contributed by atoms with Crippen molar-refractivity contribution in [2.75, 3.05) is 11.9 Å². The number of halogens is 2. The summed E-state index contributed by atoms with van der Waals surface area (Å²) in [6.07, 6.45) is 1.39. The van der Waals surface area contributed by atoms with Gasteiger partial charge in [-0.3, -0.25) is 15.1 Å². The number of hydrogen-bond acceptors (Lipinski definition) is 6. The normalized spacial score (nSPS) is 10.6. The molecule has 2 aromatic carbocycles. The van der Waals surface area contributed by atoms with E-state index in [9.17, 15) is 14.9 Å². The fourth-order valence-corrected chi connectivity index (χ4v) is 2.90. The van der Waals surface area contributed by atoms with Crippen LogP contribution < -0.4 is 5.32 Å². The van der Waals surface area contributed by atoms with E-state index in [4.69, 9.17) is 27.9 Å². The molecule has 0 saturated carbocycles. The number of hydrogen-bond donors (Lipinski definition) is 1. The third-order valence-electron chi connectivity index (χ3n) is 3.74. The summed E-state index contributed by atoms with van der Waals surface area (Å²) >= 11 is 12.0. The number of pyridine rings is 1. The van der Waals surface area contributed by atoms with Crippen LogP contribution in [-0.2, 0) is 4.74 Å². The summed E-state index contributed by atoms with van der Waals surface area (Å²) in [5.41, 5.74) is 1.29. The van der Waals surface area contributed by atoms with Gasteiger partial charge in [0.25, 0.3) is 5.69 Å². The Hall–Kier alpha value is -2.90. The molecule has 0 atom stereocenters. The number of ether oxygens (including phenoxy) is 1. The monoisotopic (exact) mass is 405 g/mol. The number of anilines is 2. The summed E-state index contributed by atoms with van der Waals surface area (Å²) in [5, 5.41) is 15.2. The zero-order chi connectivity index (χ0) is 19.6. The highest BCUT2D eigenvalue weighted by atomic mass is 35.5. The van der Waals surface area contributed by atoms with E-state index in [0.29, 0.717) is 27.3 Å². The topological polar surface area (TPSA) is 94.4 Å². The number of nitrogens with one attached hydrogen (secondary N) is 1. The summed E-state index contributed by atoms with van der Waals surface area (Å²) in [7, 11) is 0. The van der Waals surface area contributed by atoms with Crippen molar-refractivity contribution in [3.63, 3.8) is 0 Å². The maximum absolute atomic E-state index is 12.3. The Morgan fingerprint density at radius 2 is 2.04 bits per heavy atom. The second-order valence-electron chi connectivity index (χ2n) is 5.48. The number of carbonyl (C=O) groups excluding carboxylic acids is 1. The average Bonchev–Trinajstić information content (AvgIpc) is 2.63. The third-order valence-corrected chi connectivity index (χ3v) is 4.29. The molecule has 0 amide bonds. The summed E-state index contributed by atoms with van der Waals surface area (Å²) in [4.78, 5) is 27.2. The molecule has 3 rings (SSSR count). The predicted molar refractivity (Wildman–Crippen MR) is 104 cm³/mol. The highest BCUT2D eigenvalue weighted by molar-refractivity contribution is 6.33. The van der Waals surface area contributed by atoms with Gasteiger partial charge in [-0.05, 0) is 37.3 Å². The number of fused-ring (bicyclic) bond motifs is 1. The largest absolute Gasteiger partial charge is 0.462 e. The number of nitro benzene ring substituents is 1. The standard InChI is InChI=1S/C18H13Cl2N3O4/c1-2-27-18(24)13-9-21-15-6-3-10(19)7-12(15)17(13)22-11-4-5-14(20)16(8-11)23(25)26/h3-9H,2H2,1H3,(H,21,22). The number of aromatic nitrogens is 1. The maximum atomic E-state index is 12.3. The van der Waals surface area contributed by atoms with Gasteiger partial charge in [0.15, 0.2) is 0 Å². The molecule has 7 nitrogen and oxygen atoms in total. The first-order chi connectivity index (χ1) is 12.9. The molecule has 0 unspecified atom stereocenters. The van der Waals surface area contributed by atoms with Crippen LogP contribution in [0, 0.1) is 10.1 Å². The van der Waals surface area contributed by atoms with Crippen LogP contribution in [0.1, 0.15) is 17.3 Å². The van der Waals surface area contributed by atoms with Crippen molar-refractivity contribution in [1.82, 2.24) is 4.98 Å². The fourth-order valence-electron chi connectivity index (χ4n) is 2.54. The number of benzene rings is 2. The molecule has 1 aromatic heterocycles. The van der Waals surface area contributed by atoms with E-state index in [1.165, 1.54) is 18.3 Å². The van der Waals surface area contributed by atoms with Gasteiger partial charge in [0, 0.05) is 28.4 Å². The number of carbonyl (C=O) groups is 1. The van der Waals surface area contributed by atoms with Gasteiger partial charge in [-0.25, -0.2) is 4.79 Å². The van der Waals surface area contributed by atoms with Gasteiger partial charge in [-0.2, -0.15) is 0 Å². The highest BCUT2D eigenvalue weighted by Crippen LogP contribution is 2.34. The number of nitro groups is 1. The van der Waals surface area contributed by atoms with Crippen molar-refractivity contribution >= 4 is 57.1 Å². The number of esters is 1. The van der Waals surface area contributed by atoms with Crippen LogP contribution >= 0.6 is 23.2 Å². The number of rotatable bonds is 5. The van der Waals surface area contributed by atoms with Crippen LogP contribution in [0.5, 0.6) is 0 Å². The lowest BCUT2D eigenvalue weighted by Crippen LogP contribution is -2.09. The van der Waals surface area contributed by atoms with Gasteiger partial charge in [0.05, 0.1) is 22.7 Å². The van der Waals surface area contributed by atoms with Crippen molar-refractivity contribution in [3.8, 4) is 0 Å². The quantitative estimate of drug-likeness (QED) is 0.348. The minimum atomic E-state index is -0.582. The van der Waals surface area contributed by atoms with Crippen LogP contribution in [0.15, 0.2) is 42.6 Å². The van der Waals surface area contributed by atoms with Crippen molar-refractivity contribution in [3.05, 3.63) is 68.3 Å². The molecular formula is C18H13Cl2N3O4. The first-order valence-electron chi connectivity index (χ1n) is 7.87. The fraction of sp³-hybridized carbons (Fsp3) is 0.111. The van der Waals surface area contributed by atoms with Crippen LogP contribution in [-0.4, -0.2) is 22.5 Å². The Morgan fingerprint density at radius 1 is 1.26 bits per heavy atom. The zero-order valence-corrected chi connectivity index (χ0v) is 15.5. The molecule has 0 bridgehead atoms. The predicted octanol–water partition coefficient (Wildman–Crippen LogP) is 5.37. The third kappa shape index (κ3) is 3.94. The van der Waals surface area contributed by atoms with E-state index in [1.54, 1.807) is 31.2 Å². The molecule has 0 aliphatic rings. The lowest BCUT2D eigenvalue weighted by molar-refractivity contribution is -0.384. The van der Waals surface area contributed by atoms with Crippen LogP contribution in [0.25, 0.3) is 10.9 Å². The maximum Gasteiger partial charge on any atom is 0.341 e. The summed E-state index contributed by atoms with van der Waals surface area (Å²) in [6, 6.07) is 9.30. The van der Waals surface area contributed by atoms with Crippen LogP contribution in [0.4, 0.5) is 17.1 Å². The van der Waals surface area contributed by atoms with Gasteiger partial charge < -0.3 is 10.1 Å². The van der Waals surface area contributed by atoms with Crippen LogP contribution in [0.2, 0.25) is 10.0 Å². The Balaban J connectivity index is 2.17. The molecule has 138 valence electrons. The van der Waals surface area contributed by atoms with Gasteiger partial charge in [0.2, 0.25) is 0 Å². The molecule has 0 aliphatic carbocycles. The Labute approximate surface area is 164 Å². The first kappa shape index (κ1) is 18.9. The molecule has 1 N–H and O–H groups in total. The van der Waals surface area contributed by atoms with Gasteiger partial charge in [0.1, 0.15) is 10.6 Å². The molecule has 0 saturated heterocycles. The zero-order valence-electron chi connectivity index (χ0n) is 14.0.